The number of sulfonamides is 1. The van der Waals surface area contributed by atoms with Crippen molar-refractivity contribution in [2.45, 2.75) is 18.0 Å². The molecule has 124 valence electrons. The minimum atomic E-state index is -4.59. The van der Waals surface area contributed by atoms with Gasteiger partial charge in [-0.15, -0.1) is 0 Å². The van der Waals surface area contributed by atoms with Crippen molar-refractivity contribution >= 4 is 15.9 Å². The molecule has 0 atom stereocenters. The van der Waals surface area contributed by atoms with E-state index < -0.39 is 35.3 Å². The van der Waals surface area contributed by atoms with Crippen LogP contribution in [0.25, 0.3) is 0 Å². The Kier molecular flexibility index (Phi) is 5.78. The Labute approximate surface area is 125 Å². The molecule has 0 heterocycles. The molecule has 1 rings (SSSR count). The number of amides is 1. The summed E-state index contributed by atoms with van der Waals surface area (Å²) in [6.45, 7) is -1.05. The molecule has 10 heteroatoms. The van der Waals surface area contributed by atoms with E-state index in [4.69, 9.17) is 4.74 Å². The number of nitrogens with one attached hydrogen (secondary N) is 1. The van der Waals surface area contributed by atoms with Crippen LogP contribution in [0.4, 0.5) is 13.2 Å². The van der Waals surface area contributed by atoms with Gasteiger partial charge < -0.3 is 9.47 Å². The summed E-state index contributed by atoms with van der Waals surface area (Å²) in [6, 6.07) is 3.87. The predicted molar refractivity (Wildman–Crippen MR) is 69.9 cm³/mol. The van der Waals surface area contributed by atoms with Gasteiger partial charge in [-0.1, -0.05) is 0 Å². The lowest BCUT2D eigenvalue weighted by molar-refractivity contribution is -0.175. The number of hydrogen-bond acceptors (Lipinski definition) is 5. The van der Waals surface area contributed by atoms with E-state index in [1.54, 1.807) is 11.6 Å². The molecule has 0 aromatic heterocycles. The zero-order valence-corrected chi connectivity index (χ0v) is 12.5. The van der Waals surface area contributed by atoms with Crippen molar-refractivity contribution in [2.75, 3.05) is 20.3 Å². The second-order valence-corrected chi connectivity index (χ2v) is 5.95. The summed E-state index contributed by atoms with van der Waals surface area (Å²) in [5, 5.41) is 0. The Morgan fingerprint density at radius 3 is 2.45 bits per heavy atom. The van der Waals surface area contributed by atoms with Crippen LogP contribution in [0.2, 0.25) is 0 Å². The van der Waals surface area contributed by atoms with Gasteiger partial charge in [0.05, 0.1) is 12.0 Å². The second kappa shape index (κ2) is 6.97. The molecule has 22 heavy (non-hydrogen) atoms. The van der Waals surface area contributed by atoms with E-state index in [1.807, 2.05) is 0 Å². The molecular formula is C12H14F3NO5S. The Balaban J connectivity index is 2.71. The van der Waals surface area contributed by atoms with Crippen LogP contribution in [0.5, 0.6) is 5.75 Å². The Morgan fingerprint density at radius 1 is 1.32 bits per heavy atom. The van der Waals surface area contributed by atoms with Crippen molar-refractivity contribution < 1.29 is 35.9 Å². The van der Waals surface area contributed by atoms with E-state index in [0.717, 1.165) is 0 Å². The first-order chi connectivity index (χ1) is 10.0. The number of methoxy groups -OCH3 is 1. The third-order valence-corrected chi connectivity index (χ3v) is 3.79. The maximum absolute atomic E-state index is 11.9. The van der Waals surface area contributed by atoms with Crippen LogP contribution >= 0.6 is 0 Å². The van der Waals surface area contributed by atoms with Crippen LogP contribution in [0.1, 0.15) is 5.56 Å². The van der Waals surface area contributed by atoms with Crippen molar-refractivity contribution in [3.8, 4) is 5.75 Å². The fourth-order valence-corrected chi connectivity index (χ4v) is 2.57. The molecule has 1 aromatic rings. The minimum Gasteiger partial charge on any atom is -0.496 e. The molecule has 0 aliphatic carbocycles. The molecule has 1 aromatic carbocycles. The number of rotatable bonds is 6. The predicted octanol–water partition coefficient (Wildman–Crippen LogP) is 1.39. The number of ether oxygens (including phenoxy) is 2. The van der Waals surface area contributed by atoms with Crippen molar-refractivity contribution in [2.24, 2.45) is 0 Å². The van der Waals surface area contributed by atoms with Crippen LogP contribution in [0.3, 0.4) is 0 Å². The highest BCUT2D eigenvalue weighted by Gasteiger charge is 2.28. The average molecular weight is 341 g/mol. The van der Waals surface area contributed by atoms with Gasteiger partial charge in [0, 0.05) is 0 Å². The summed E-state index contributed by atoms with van der Waals surface area (Å²) in [5.74, 6) is -0.739. The Bertz CT molecular complexity index is 643. The van der Waals surface area contributed by atoms with E-state index >= 15 is 0 Å². The van der Waals surface area contributed by atoms with Gasteiger partial charge in [0.2, 0.25) is 0 Å². The lowest BCUT2D eigenvalue weighted by Gasteiger charge is -2.10. The maximum Gasteiger partial charge on any atom is 0.411 e. The van der Waals surface area contributed by atoms with Gasteiger partial charge in [0.15, 0.2) is 0 Å². The van der Waals surface area contributed by atoms with E-state index in [0.29, 0.717) is 11.3 Å². The molecule has 1 N–H and O–H groups in total. The molecule has 1 amide bonds. The zero-order valence-electron chi connectivity index (χ0n) is 11.7. The van der Waals surface area contributed by atoms with Crippen LogP contribution < -0.4 is 9.46 Å². The molecule has 0 saturated carbocycles. The van der Waals surface area contributed by atoms with Gasteiger partial charge >= 0.3 is 6.18 Å². The molecule has 0 bridgehead atoms. The number of halogens is 3. The van der Waals surface area contributed by atoms with E-state index in [-0.39, 0.29) is 4.90 Å². The number of alkyl halides is 3. The summed E-state index contributed by atoms with van der Waals surface area (Å²) in [4.78, 5) is 11.1. The van der Waals surface area contributed by atoms with E-state index in [2.05, 4.69) is 4.74 Å². The van der Waals surface area contributed by atoms with Gasteiger partial charge in [-0.3, -0.25) is 4.79 Å². The fraction of sp³-hybridized carbons (Fsp3) is 0.417. The smallest absolute Gasteiger partial charge is 0.411 e. The van der Waals surface area contributed by atoms with Crippen LogP contribution in [-0.4, -0.2) is 40.8 Å². The Hall–Kier alpha value is -1.81. The molecule has 0 radical (unpaired) electrons. The second-order valence-electron chi connectivity index (χ2n) is 4.27. The van der Waals surface area contributed by atoms with Crippen LogP contribution in [-0.2, 0) is 19.6 Å². The molecule has 0 aliphatic heterocycles. The van der Waals surface area contributed by atoms with Crippen LogP contribution in [0, 0.1) is 6.92 Å². The fourth-order valence-electron chi connectivity index (χ4n) is 1.52. The molecule has 0 spiro atoms. The van der Waals surface area contributed by atoms with Gasteiger partial charge in [-0.2, -0.15) is 13.2 Å². The van der Waals surface area contributed by atoms with Crippen molar-refractivity contribution in [3.05, 3.63) is 23.8 Å². The molecule has 6 nitrogen and oxygen atoms in total. The maximum atomic E-state index is 11.9. The first-order valence-corrected chi connectivity index (χ1v) is 7.38. The average Bonchev–Trinajstić information content (AvgIpc) is 2.36. The topological polar surface area (TPSA) is 81.7 Å². The SMILES string of the molecule is COc1ccc(S(=O)(=O)NC(=O)COCC(F)(F)F)cc1C. The summed E-state index contributed by atoms with van der Waals surface area (Å²) < 4.78 is 70.0. The lowest BCUT2D eigenvalue weighted by atomic mass is 10.2. The number of carbonyl (C=O) groups excluding carboxylic acids is 1. The highest BCUT2D eigenvalue weighted by atomic mass is 32.2. The van der Waals surface area contributed by atoms with E-state index in [1.165, 1.54) is 25.3 Å². The number of benzene rings is 1. The summed E-state index contributed by atoms with van der Waals surface area (Å²) in [5.41, 5.74) is 0.520. The number of hydrogen-bond donors (Lipinski definition) is 1. The van der Waals surface area contributed by atoms with Gasteiger partial charge in [-0.25, -0.2) is 13.1 Å². The summed E-state index contributed by atoms with van der Waals surface area (Å²) in [7, 11) is -2.78. The Morgan fingerprint density at radius 2 is 1.95 bits per heavy atom. The van der Waals surface area contributed by atoms with Crippen molar-refractivity contribution in [3.63, 3.8) is 0 Å². The number of aryl methyl sites for hydroxylation is 1. The van der Waals surface area contributed by atoms with Crippen molar-refractivity contribution in [1.29, 1.82) is 0 Å². The first-order valence-electron chi connectivity index (χ1n) is 5.90. The van der Waals surface area contributed by atoms with Gasteiger partial charge in [0.25, 0.3) is 15.9 Å². The molecule has 0 fully saturated rings. The van der Waals surface area contributed by atoms with Gasteiger partial charge in [-0.05, 0) is 30.7 Å². The lowest BCUT2D eigenvalue weighted by Crippen LogP contribution is -2.34. The highest BCUT2D eigenvalue weighted by Crippen LogP contribution is 2.21. The molecule has 0 unspecified atom stereocenters. The largest absolute Gasteiger partial charge is 0.496 e. The third-order valence-electron chi connectivity index (χ3n) is 2.42. The molecule has 0 saturated heterocycles. The quantitative estimate of drug-likeness (QED) is 0.846. The van der Waals surface area contributed by atoms with Crippen molar-refractivity contribution in [1.82, 2.24) is 4.72 Å². The standard InChI is InChI=1S/C12H14F3NO5S/c1-8-5-9(3-4-10(8)20-2)22(18,19)16-11(17)6-21-7-12(13,14)15/h3-5H,6-7H2,1-2H3,(H,16,17). The van der Waals surface area contributed by atoms with Crippen LogP contribution in [0.15, 0.2) is 23.1 Å². The highest BCUT2D eigenvalue weighted by molar-refractivity contribution is 7.90. The normalized spacial score (nSPS) is 12.0. The molecule has 0 aliphatic rings. The zero-order chi connectivity index (χ0) is 17.0. The molecular weight excluding hydrogens is 327 g/mol. The third kappa shape index (κ3) is 5.53. The summed E-state index contributed by atoms with van der Waals surface area (Å²) >= 11 is 0. The number of carbonyl (C=O) groups is 1. The van der Waals surface area contributed by atoms with E-state index in [9.17, 15) is 26.4 Å². The summed E-state index contributed by atoms with van der Waals surface area (Å²) in [6.07, 6.45) is -4.59. The van der Waals surface area contributed by atoms with Gasteiger partial charge in [0.1, 0.15) is 19.0 Å². The monoisotopic (exact) mass is 341 g/mol. The minimum absolute atomic E-state index is 0.213. The first kappa shape index (κ1) is 18.2.